The molecule has 5 aromatic rings. The minimum atomic E-state index is -0.470. The summed E-state index contributed by atoms with van der Waals surface area (Å²) in [6.07, 6.45) is 0. The molecule has 1 amide bonds. The van der Waals surface area contributed by atoms with Crippen LogP contribution in [0.2, 0.25) is 0 Å². The second kappa shape index (κ2) is 10.9. The van der Waals surface area contributed by atoms with Crippen LogP contribution in [-0.4, -0.2) is 25.8 Å². The summed E-state index contributed by atoms with van der Waals surface area (Å²) in [6.45, 7) is 7.81. The fourth-order valence-electron chi connectivity index (χ4n) is 4.11. The van der Waals surface area contributed by atoms with Crippen LogP contribution in [0, 0.1) is 37.5 Å². The minimum Gasteiger partial charge on any atom is -0.325 e. The van der Waals surface area contributed by atoms with E-state index in [0.29, 0.717) is 25.2 Å². The summed E-state index contributed by atoms with van der Waals surface area (Å²) >= 11 is 7.80. The van der Waals surface area contributed by atoms with Crippen molar-refractivity contribution in [2.24, 2.45) is 0 Å². The number of carbonyl (C=O) groups is 1. The third-order valence-electron chi connectivity index (χ3n) is 6.33. The Bertz CT molecular complexity index is 1860. The van der Waals surface area contributed by atoms with Gasteiger partial charge in [-0.1, -0.05) is 52.9 Å². The van der Waals surface area contributed by atoms with Gasteiger partial charge in [-0.25, -0.2) is 9.37 Å². The van der Waals surface area contributed by atoms with Gasteiger partial charge in [-0.2, -0.15) is 0 Å². The SMILES string of the molecule is Cc1ccc(-n2c(SCC(=O)Nc3ccc(C)c(C)c3)nc3c(sc(=S)n3-c3cc(C)ccc3F)c2=O)cc1. The Labute approximate surface area is 238 Å². The molecule has 0 saturated heterocycles. The Balaban J connectivity index is 1.61. The Morgan fingerprint density at radius 2 is 1.69 bits per heavy atom. The number of aryl methyl sites for hydroxylation is 4. The molecule has 0 radical (unpaired) electrons. The summed E-state index contributed by atoms with van der Waals surface area (Å²) in [5.41, 5.74) is 5.58. The topological polar surface area (TPSA) is 68.9 Å². The number of halogens is 1. The molecule has 2 aromatic heterocycles. The van der Waals surface area contributed by atoms with E-state index in [9.17, 15) is 14.0 Å². The van der Waals surface area contributed by atoms with Crippen LogP contribution in [0.4, 0.5) is 10.1 Å². The fraction of sp³-hybridized carbons (Fsp3) is 0.172. The lowest BCUT2D eigenvalue weighted by molar-refractivity contribution is -0.113. The highest BCUT2D eigenvalue weighted by Gasteiger charge is 2.21. The first-order valence-corrected chi connectivity index (χ1v) is 14.4. The van der Waals surface area contributed by atoms with E-state index in [-0.39, 0.29) is 28.6 Å². The average Bonchev–Trinajstić information content (AvgIpc) is 3.23. The van der Waals surface area contributed by atoms with Crippen LogP contribution in [-0.2, 0) is 4.79 Å². The Hall–Kier alpha value is -3.60. The molecule has 3 aromatic carbocycles. The van der Waals surface area contributed by atoms with Crippen LogP contribution in [0.15, 0.2) is 70.6 Å². The number of nitrogens with zero attached hydrogens (tertiary/aromatic N) is 3. The molecule has 1 N–H and O–H groups in total. The van der Waals surface area contributed by atoms with Crippen molar-refractivity contribution in [2.75, 3.05) is 11.1 Å². The second-order valence-corrected chi connectivity index (χ2v) is 11.9. The number of benzene rings is 3. The van der Waals surface area contributed by atoms with Crippen molar-refractivity contribution in [3.63, 3.8) is 0 Å². The maximum atomic E-state index is 14.9. The lowest BCUT2D eigenvalue weighted by Gasteiger charge is -2.14. The molecular formula is C29H25FN4O2S3. The second-order valence-electron chi connectivity index (χ2n) is 9.32. The van der Waals surface area contributed by atoms with E-state index in [1.54, 1.807) is 12.1 Å². The van der Waals surface area contributed by atoms with Crippen molar-refractivity contribution < 1.29 is 9.18 Å². The van der Waals surface area contributed by atoms with Gasteiger partial charge in [0.05, 0.1) is 17.1 Å². The number of amides is 1. The van der Waals surface area contributed by atoms with Gasteiger partial charge in [-0.05, 0) is 93.0 Å². The van der Waals surface area contributed by atoms with Crippen LogP contribution in [0.25, 0.3) is 21.7 Å². The molecule has 6 nitrogen and oxygen atoms in total. The zero-order valence-corrected chi connectivity index (χ0v) is 24.2. The Morgan fingerprint density at radius 1 is 0.974 bits per heavy atom. The number of rotatable bonds is 6. The van der Waals surface area contributed by atoms with E-state index in [1.165, 1.54) is 15.2 Å². The first-order valence-electron chi connectivity index (χ1n) is 12.1. The van der Waals surface area contributed by atoms with Crippen LogP contribution in [0.1, 0.15) is 22.3 Å². The number of hydrogen-bond donors (Lipinski definition) is 1. The van der Waals surface area contributed by atoms with Crippen molar-refractivity contribution in [3.05, 3.63) is 103 Å². The molecular weight excluding hydrogens is 552 g/mol. The van der Waals surface area contributed by atoms with Gasteiger partial charge in [-0.15, -0.1) is 0 Å². The molecule has 0 aliphatic heterocycles. The summed E-state index contributed by atoms with van der Waals surface area (Å²) < 4.78 is 18.5. The molecule has 39 heavy (non-hydrogen) atoms. The number of fused-ring (bicyclic) bond motifs is 1. The zero-order valence-electron chi connectivity index (χ0n) is 21.7. The van der Waals surface area contributed by atoms with E-state index < -0.39 is 5.82 Å². The maximum Gasteiger partial charge on any atom is 0.278 e. The molecule has 5 rings (SSSR count). The highest BCUT2D eigenvalue weighted by Crippen LogP contribution is 2.29. The molecule has 10 heteroatoms. The van der Waals surface area contributed by atoms with Crippen LogP contribution in [0.5, 0.6) is 0 Å². The van der Waals surface area contributed by atoms with E-state index >= 15 is 0 Å². The molecule has 0 bridgehead atoms. The summed E-state index contributed by atoms with van der Waals surface area (Å²) in [4.78, 5) is 31.5. The molecule has 0 atom stereocenters. The first-order chi connectivity index (χ1) is 18.6. The van der Waals surface area contributed by atoms with Crippen molar-refractivity contribution >= 4 is 57.3 Å². The molecule has 0 saturated carbocycles. The number of aromatic nitrogens is 3. The highest BCUT2D eigenvalue weighted by atomic mass is 32.2. The third-order valence-corrected chi connectivity index (χ3v) is 8.62. The van der Waals surface area contributed by atoms with Crippen molar-refractivity contribution in [2.45, 2.75) is 32.9 Å². The number of thiazole rings is 1. The minimum absolute atomic E-state index is 0.0143. The predicted octanol–water partition coefficient (Wildman–Crippen LogP) is 7.07. The van der Waals surface area contributed by atoms with Gasteiger partial charge >= 0.3 is 0 Å². The highest BCUT2D eigenvalue weighted by molar-refractivity contribution is 7.99. The monoisotopic (exact) mass is 576 g/mol. The van der Waals surface area contributed by atoms with Crippen LogP contribution in [0.3, 0.4) is 0 Å². The predicted molar refractivity (Wildman–Crippen MR) is 160 cm³/mol. The number of hydrogen-bond acceptors (Lipinski definition) is 6. The van der Waals surface area contributed by atoms with Crippen molar-refractivity contribution in [1.29, 1.82) is 0 Å². The summed E-state index contributed by atoms with van der Waals surface area (Å²) in [5, 5.41) is 3.22. The molecule has 0 fully saturated rings. The summed E-state index contributed by atoms with van der Waals surface area (Å²) in [5.74, 6) is -0.691. The third kappa shape index (κ3) is 5.45. The maximum absolute atomic E-state index is 14.9. The smallest absolute Gasteiger partial charge is 0.278 e. The molecule has 2 heterocycles. The number of carbonyl (C=O) groups excluding carboxylic acids is 1. The standard InChI is InChI=1S/C29H25FN4O2S3/c1-16-5-10-21(11-6-16)33-27(36)25-26(34(29(37)39-25)23-13-17(2)7-12-22(23)30)32-28(33)38-15-24(35)31-20-9-8-18(3)19(4)14-20/h5-14H,15H2,1-4H3,(H,31,35). The average molecular weight is 577 g/mol. The molecule has 0 unspecified atom stereocenters. The van der Waals surface area contributed by atoms with Crippen molar-refractivity contribution in [3.8, 4) is 11.4 Å². The normalized spacial score (nSPS) is 11.2. The van der Waals surface area contributed by atoms with E-state index in [2.05, 4.69) is 5.32 Å². The van der Waals surface area contributed by atoms with Gasteiger partial charge in [0.15, 0.2) is 14.8 Å². The molecule has 0 spiro atoms. The zero-order chi connectivity index (χ0) is 27.8. The lowest BCUT2D eigenvalue weighted by Crippen LogP contribution is -2.23. The van der Waals surface area contributed by atoms with Gasteiger partial charge < -0.3 is 5.32 Å². The first kappa shape index (κ1) is 27.0. The number of nitrogens with one attached hydrogen (secondary N) is 1. The quantitative estimate of drug-likeness (QED) is 0.133. The van der Waals surface area contributed by atoms with Gasteiger partial charge in [0.25, 0.3) is 5.56 Å². The van der Waals surface area contributed by atoms with E-state index in [0.717, 1.165) is 45.4 Å². The van der Waals surface area contributed by atoms with Gasteiger partial charge in [0.1, 0.15) is 10.5 Å². The van der Waals surface area contributed by atoms with Gasteiger partial charge in [-0.3, -0.25) is 18.7 Å². The number of thioether (sulfide) groups is 1. The summed E-state index contributed by atoms with van der Waals surface area (Å²) in [6, 6.07) is 17.9. The largest absolute Gasteiger partial charge is 0.325 e. The van der Waals surface area contributed by atoms with Crippen molar-refractivity contribution in [1.82, 2.24) is 14.1 Å². The van der Waals surface area contributed by atoms with Gasteiger partial charge in [0, 0.05) is 5.69 Å². The van der Waals surface area contributed by atoms with Crippen LogP contribution >= 0.6 is 35.3 Å². The number of anilines is 1. The summed E-state index contributed by atoms with van der Waals surface area (Å²) in [7, 11) is 0. The van der Waals surface area contributed by atoms with Crippen LogP contribution < -0.4 is 10.9 Å². The molecule has 0 aliphatic rings. The molecule has 198 valence electrons. The fourth-order valence-corrected chi connectivity index (χ4v) is 6.20. The van der Waals surface area contributed by atoms with E-state index in [4.69, 9.17) is 17.2 Å². The van der Waals surface area contributed by atoms with E-state index in [1.807, 2.05) is 70.2 Å². The van der Waals surface area contributed by atoms with Gasteiger partial charge in [0.2, 0.25) is 5.91 Å². The Kier molecular flexibility index (Phi) is 7.53. The molecule has 0 aliphatic carbocycles. The Morgan fingerprint density at radius 3 is 2.41 bits per heavy atom. The lowest BCUT2D eigenvalue weighted by atomic mass is 10.1.